The van der Waals surface area contributed by atoms with Crippen molar-refractivity contribution in [2.75, 3.05) is 5.32 Å². The molecule has 1 N–H and O–H groups in total. The fourth-order valence-electron chi connectivity index (χ4n) is 1.44. The number of nitrogens with one attached hydrogen (secondary N) is 1. The minimum atomic E-state index is -0.209. The van der Waals surface area contributed by atoms with Crippen molar-refractivity contribution in [3.63, 3.8) is 0 Å². The second-order valence-corrected chi connectivity index (χ2v) is 4.58. The summed E-state index contributed by atoms with van der Waals surface area (Å²) in [6.45, 7) is 1.85. The van der Waals surface area contributed by atoms with Crippen LogP contribution in [0.25, 0.3) is 0 Å². The molecule has 0 spiro atoms. The van der Waals surface area contributed by atoms with Crippen molar-refractivity contribution in [2.45, 2.75) is 6.92 Å². The number of carbonyl (C=O) groups excluding carboxylic acids is 1. The molecular weight excluding hydrogens is 271 g/mol. The van der Waals surface area contributed by atoms with Crippen LogP contribution in [0.1, 0.15) is 15.9 Å². The molecule has 0 aliphatic rings. The smallest absolute Gasteiger partial charge is 0.255 e. The normalized spacial score (nSPS) is 10.2. The third-order valence-corrected chi connectivity index (χ3v) is 3.05. The van der Waals surface area contributed by atoms with Gasteiger partial charge in [0.1, 0.15) is 5.15 Å². The molecule has 18 heavy (non-hydrogen) atoms. The zero-order valence-corrected chi connectivity index (χ0v) is 11.1. The maximum absolute atomic E-state index is 11.9. The molecule has 0 saturated carbocycles. The van der Waals surface area contributed by atoms with Gasteiger partial charge in [-0.3, -0.25) is 4.79 Å². The van der Waals surface area contributed by atoms with Gasteiger partial charge in [0.05, 0.1) is 11.9 Å². The van der Waals surface area contributed by atoms with Crippen LogP contribution in [0.2, 0.25) is 10.2 Å². The van der Waals surface area contributed by atoms with Crippen molar-refractivity contribution < 1.29 is 4.79 Å². The highest BCUT2D eigenvalue weighted by Crippen LogP contribution is 2.17. The maximum Gasteiger partial charge on any atom is 0.255 e. The summed E-state index contributed by atoms with van der Waals surface area (Å²) < 4.78 is 0. The van der Waals surface area contributed by atoms with Crippen molar-refractivity contribution in [3.05, 3.63) is 57.8 Å². The van der Waals surface area contributed by atoms with Crippen molar-refractivity contribution in [2.24, 2.45) is 0 Å². The Bertz CT molecular complexity index is 582. The summed E-state index contributed by atoms with van der Waals surface area (Å²) in [5.41, 5.74) is 2.00. The van der Waals surface area contributed by atoms with Crippen molar-refractivity contribution in [1.29, 1.82) is 0 Å². The summed E-state index contributed by atoms with van der Waals surface area (Å²) in [4.78, 5) is 15.8. The Labute approximate surface area is 115 Å². The van der Waals surface area contributed by atoms with Crippen molar-refractivity contribution >= 4 is 34.8 Å². The summed E-state index contributed by atoms with van der Waals surface area (Å²) in [5, 5.41) is 3.75. The standard InChI is InChI=1S/C13H10Cl2N2O/c1-8-6-9(2-4-11(8)14)13(18)17-10-3-5-12(15)16-7-10/h2-7H,1H3,(H,17,18). The topological polar surface area (TPSA) is 42.0 Å². The molecule has 0 bridgehead atoms. The molecule has 1 amide bonds. The first-order chi connectivity index (χ1) is 8.56. The first-order valence-electron chi connectivity index (χ1n) is 5.25. The van der Waals surface area contributed by atoms with E-state index < -0.39 is 0 Å². The van der Waals surface area contributed by atoms with Crippen LogP contribution in [-0.4, -0.2) is 10.9 Å². The minimum absolute atomic E-state index is 0.209. The van der Waals surface area contributed by atoms with E-state index in [9.17, 15) is 4.79 Å². The highest BCUT2D eigenvalue weighted by Gasteiger charge is 2.07. The number of hydrogen-bond acceptors (Lipinski definition) is 2. The highest BCUT2D eigenvalue weighted by molar-refractivity contribution is 6.31. The van der Waals surface area contributed by atoms with Crippen LogP contribution in [0.3, 0.4) is 0 Å². The lowest BCUT2D eigenvalue weighted by Gasteiger charge is -2.06. The third-order valence-electron chi connectivity index (χ3n) is 2.41. The number of hydrogen-bond donors (Lipinski definition) is 1. The fourth-order valence-corrected chi connectivity index (χ4v) is 1.67. The van der Waals surface area contributed by atoms with Gasteiger partial charge in [0.15, 0.2) is 0 Å². The Balaban J connectivity index is 2.16. The lowest BCUT2D eigenvalue weighted by Crippen LogP contribution is -2.12. The molecule has 2 aromatic rings. The summed E-state index contributed by atoms with van der Waals surface area (Å²) in [6.07, 6.45) is 1.50. The van der Waals surface area contributed by atoms with Gasteiger partial charge in [-0.15, -0.1) is 0 Å². The highest BCUT2D eigenvalue weighted by atomic mass is 35.5. The average Bonchev–Trinajstić information content (AvgIpc) is 2.35. The van der Waals surface area contributed by atoms with Crippen LogP contribution in [-0.2, 0) is 0 Å². The molecule has 0 aliphatic heterocycles. The molecule has 0 fully saturated rings. The van der Waals surface area contributed by atoms with Crippen LogP contribution in [0, 0.1) is 6.92 Å². The SMILES string of the molecule is Cc1cc(C(=O)Nc2ccc(Cl)nc2)ccc1Cl. The zero-order valence-electron chi connectivity index (χ0n) is 9.58. The van der Waals surface area contributed by atoms with E-state index >= 15 is 0 Å². The van der Waals surface area contributed by atoms with Gasteiger partial charge in [0, 0.05) is 10.6 Å². The number of halogens is 2. The molecule has 0 aliphatic carbocycles. The molecule has 0 atom stereocenters. The number of amides is 1. The summed E-state index contributed by atoms with van der Waals surface area (Å²) >= 11 is 11.6. The second kappa shape index (κ2) is 5.38. The zero-order chi connectivity index (χ0) is 13.1. The molecule has 92 valence electrons. The van der Waals surface area contributed by atoms with E-state index in [0.717, 1.165) is 5.56 Å². The quantitative estimate of drug-likeness (QED) is 0.847. The molecule has 1 aromatic carbocycles. The largest absolute Gasteiger partial charge is 0.321 e. The molecule has 1 heterocycles. The number of rotatable bonds is 2. The molecule has 1 aromatic heterocycles. The van der Waals surface area contributed by atoms with Gasteiger partial charge in [-0.2, -0.15) is 0 Å². The molecule has 3 nitrogen and oxygen atoms in total. The number of carbonyl (C=O) groups is 1. The molecule has 0 unspecified atom stereocenters. The van der Waals surface area contributed by atoms with Crippen LogP contribution in [0.5, 0.6) is 0 Å². The van der Waals surface area contributed by atoms with Gasteiger partial charge in [-0.25, -0.2) is 4.98 Å². The average molecular weight is 281 g/mol. The van der Waals surface area contributed by atoms with Gasteiger partial charge < -0.3 is 5.32 Å². The number of benzene rings is 1. The Hall–Kier alpha value is -1.58. The molecular formula is C13H10Cl2N2O. The predicted octanol–water partition coefficient (Wildman–Crippen LogP) is 3.95. The van der Waals surface area contributed by atoms with Gasteiger partial charge in [-0.05, 0) is 42.8 Å². The van der Waals surface area contributed by atoms with Gasteiger partial charge >= 0.3 is 0 Å². The van der Waals surface area contributed by atoms with E-state index in [1.165, 1.54) is 6.20 Å². The van der Waals surface area contributed by atoms with Gasteiger partial charge in [0.2, 0.25) is 0 Å². The summed E-state index contributed by atoms with van der Waals surface area (Å²) in [6, 6.07) is 8.42. The second-order valence-electron chi connectivity index (χ2n) is 3.79. The summed E-state index contributed by atoms with van der Waals surface area (Å²) in [7, 11) is 0. The van der Waals surface area contributed by atoms with Crippen molar-refractivity contribution in [1.82, 2.24) is 4.98 Å². The van der Waals surface area contributed by atoms with E-state index in [0.29, 0.717) is 21.4 Å². The Morgan fingerprint density at radius 1 is 1.22 bits per heavy atom. The van der Waals surface area contributed by atoms with Crippen LogP contribution < -0.4 is 5.32 Å². The number of nitrogens with zero attached hydrogens (tertiary/aromatic N) is 1. The van der Waals surface area contributed by atoms with E-state index in [2.05, 4.69) is 10.3 Å². The van der Waals surface area contributed by atoms with Gasteiger partial charge in [0.25, 0.3) is 5.91 Å². The predicted molar refractivity (Wildman–Crippen MR) is 73.4 cm³/mol. The van der Waals surface area contributed by atoms with Crippen molar-refractivity contribution in [3.8, 4) is 0 Å². The Morgan fingerprint density at radius 3 is 2.61 bits per heavy atom. The first-order valence-corrected chi connectivity index (χ1v) is 6.01. The number of aryl methyl sites for hydroxylation is 1. The molecule has 2 rings (SSSR count). The van der Waals surface area contributed by atoms with E-state index in [1.54, 1.807) is 30.3 Å². The monoisotopic (exact) mass is 280 g/mol. The summed E-state index contributed by atoms with van der Waals surface area (Å²) in [5.74, 6) is -0.209. The van der Waals surface area contributed by atoms with E-state index in [4.69, 9.17) is 23.2 Å². The van der Waals surface area contributed by atoms with Crippen LogP contribution in [0.4, 0.5) is 5.69 Å². The third kappa shape index (κ3) is 3.00. The molecule has 0 radical (unpaired) electrons. The minimum Gasteiger partial charge on any atom is -0.321 e. The number of aromatic nitrogens is 1. The Kier molecular flexibility index (Phi) is 3.84. The lowest BCUT2D eigenvalue weighted by atomic mass is 10.1. The Morgan fingerprint density at radius 2 is 2.00 bits per heavy atom. The first kappa shape index (κ1) is 12.9. The van der Waals surface area contributed by atoms with E-state index in [1.807, 2.05) is 6.92 Å². The van der Waals surface area contributed by atoms with Gasteiger partial charge in [-0.1, -0.05) is 23.2 Å². The molecule has 5 heteroatoms. The van der Waals surface area contributed by atoms with Crippen LogP contribution >= 0.6 is 23.2 Å². The van der Waals surface area contributed by atoms with E-state index in [-0.39, 0.29) is 5.91 Å². The maximum atomic E-state index is 11.9. The number of anilines is 1. The molecule has 0 saturated heterocycles. The number of pyridine rings is 1. The lowest BCUT2D eigenvalue weighted by molar-refractivity contribution is 0.102. The fraction of sp³-hybridized carbons (Fsp3) is 0.0769. The van der Waals surface area contributed by atoms with Crippen LogP contribution in [0.15, 0.2) is 36.5 Å².